The maximum Gasteiger partial charge on any atom is 0.135 e. The van der Waals surface area contributed by atoms with Crippen LogP contribution in [-0.2, 0) is 9.47 Å². The average molecular weight is 252 g/mol. The smallest absolute Gasteiger partial charge is 0.135 e. The zero-order valence-electron chi connectivity index (χ0n) is 10.6. The van der Waals surface area contributed by atoms with Crippen molar-refractivity contribution in [1.82, 2.24) is 9.80 Å². The molecule has 18 heavy (non-hydrogen) atoms. The lowest BCUT2D eigenvalue weighted by atomic mass is 10.2. The molecule has 5 nitrogen and oxygen atoms in total. The summed E-state index contributed by atoms with van der Waals surface area (Å²) in [5.74, 6) is 1.03. The molecule has 1 aromatic heterocycles. The van der Waals surface area contributed by atoms with Crippen molar-refractivity contribution in [2.45, 2.75) is 6.17 Å². The molecule has 2 aliphatic rings. The number of hydrogen-bond donors (Lipinski definition) is 0. The van der Waals surface area contributed by atoms with Crippen molar-refractivity contribution in [3.8, 4) is 0 Å². The Hall–Kier alpha value is -0.880. The predicted molar refractivity (Wildman–Crippen MR) is 66.2 cm³/mol. The van der Waals surface area contributed by atoms with E-state index in [0.717, 1.165) is 58.4 Å². The van der Waals surface area contributed by atoms with Gasteiger partial charge in [-0.15, -0.1) is 0 Å². The predicted octanol–water partition coefficient (Wildman–Crippen LogP) is 0.943. The maximum atomic E-state index is 5.64. The van der Waals surface area contributed by atoms with Crippen molar-refractivity contribution in [3.05, 3.63) is 24.2 Å². The Morgan fingerprint density at radius 2 is 1.44 bits per heavy atom. The van der Waals surface area contributed by atoms with Gasteiger partial charge in [0, 0.05) is 26.2 Å². The standard InChI is InChI=1S/C13H20N2O3/c1-2-12(18-7-1)13(14-3-8-16-9-4-14)15-5-10-17-11-6-15/h1-2,7,13H,3-6,8-11H2. The van der Waals surface area contributed by atoms with E-state index in [0.29, 0.717) is 0 Å². The van der Waals surface area contributed by atoms with E-state index in [9.17, 15) is 0 Å². The zero-order valence-corrected chi connectivity index (χ0v) is 10.6. The second-order valence-electron chi connectivity index (χ2n) is 4.69. The molecule has 2 aliphatic heterocycles. The highest BCUT2D eigenvalue weighted by Crippen LogP contribution is 2.27. The van der Waals surface area contributed by atoms with Gasteiger partial charge < -0.3 is 13.9 Å². The summed E-state index contributed by atoms with van der Waals surface area (Å²) >= 11 is 0. The molecule has 0 atom stereocenters. The fraction of sp³-hybridized carbons (Fsp3) is 0.692. The number of furan rings is 1. The van der Waals surface area contributed by atoms with Crippen LogP contribution in [0.1, 0.15) is 11.9 Å². The Labute approximate surface area is 107 Å². The van der Waals surface area contributed by atoms with Gasteiger partial charge in [0.05, 0.1) is 32.7 Å². The van der Waals surface area contributed by atoms with Gasteiger partial charge in [-0.05, 0) is 12.1 Å². The lowest BCUT2D eigenvalue weighted by Crippen LogP contribution is -2.49. The minimum absolute atomic E-state index is 0.229. The molecule has 0 spiro atoms. The molecule has 0 aromatic carbocycles. The van der Waals surface area contributed by atoms with E-state index in [1.807, 2.05) is 6.07 Å². The van der Waals surface area contributed by atoms with Gasteiger partial charge in [-0.2, -0.15) is 0 Å². The van der Waals surface area contributed by atoms with Crippen LogP contribution in [0.3, 0.4) is 0 Å². The lowest BCUT2D eigenvalue weighted by molar-refractivity contribution is -0.0742. The van der Waals surface area contributed by atoms with E-state index in [1.54, 1.807) is 6.26 Å². The first kappa shape index (κ1) is 12.2. The molecule has 0 unspecified atom stereocenters. The van der Waals surface area contributed by atoms with E-state index in [-0.39, 0.29) is 6.17 Å². The van der Waals surface area contributed by atoms with Crippen LogP contribution in [0.15, 0.2) is 22.8 Å². The average Bonchev–Trinajstić information content (AvgIpc) is 2.95. The SMILES string of the molecule is c1coc(C(N2CCOCC2)N2CCOCC2)c1. The summed E-state index contributed by atoms with van der Waals surface area (Å²) in [6.45, 7) is 7.07. The first-order valence-electron chi connectivity index (χ1n) is 6.62. The molecular formula is C13H20N2O3. The monoisotopic (exact) mass is 252 g/mol. The number of nitrogens with zero attached hydrogens (tertiary/aromatic N) is 2. The normalized spacial score (nSPS) is 23.6. The molecule has 1 aromatic rings. The van der Waals surface area contributed by atoms with Crippen molar-refractivity contribution in [1.29, 1.82) is 0 Å². The van der Waals surface area contributed by atoms with E-state index >= 15 is 0 Å². The Morgan fingerprint density at radius 1 is 0.889 bits per heavy atom. The molecule has 100 valence electrons. The van der Waals surface area contributed by atoms with E-state index in [4.69, 9.17) is 13.9 Å². The van der Waals surface area contributed by atoms with Crippen LogP contribution < -0.4 is 0 Å². The van der Waals surface area contributed by atoms with Gasteiger partial charge >= 0.3 is 0 Å². The first-order chi connectivity index (χ1) is 8.95. The second kappa shape index (κ2) is 5.84. The van der Waals surface area contributed by atoms with E-state index in [1.165, 1.54) is 0 Å². The van der Waals surface area contributed by atoms with Gasteiger partial charge in [-0.3, -0.25) is 9.80 Å². The van der Waals surface area contributed by atoms with Crippen LogP contribution in [0, 0.1) is 0 Å². The van der Waals surface area contributed by atoms with E-state index < -0.39 is 0 Å². The highest BCUT2D eigenvalue weighted by atomic mass is 16.5. The fourth-order valence-corrected chi connectivity index (χ4v) is 2.67. The molecule has 0 bridgehead atoms. The van der Waals surface area contributed by atoms with Crippen molar-refractivity contribution in [2.75, 3.05) is 52.6 Å². The number of rotatable bonds is 3. The van der Waals surface area contributed by atoms with Gasteiger partial charge in [-0.1, -0.05) is 0 Å². The van der Waals surface area contributed by atoms with Gasteiger partial charge in [0.15, 0.2) is 0 Å². The van der Waals surface area contributed by atoms with Gasteiger partial charge in [0.25, 0.3) is 0 Å². The van der Waals surface area contributed by atoms with E-state index in [2.05, 4.69) is 15.9 Å². The lowest BCUT2D eigenvalue weighted by Gasteiger charge is -2.41. The molecule has 3 heterocycles. The topological polar surface area (TPSA) is 38.1 Å². The minimum atomic E-state index is 0.229. The van der Waals surface area contributed by atoms with Crippen molar-refractivity contribution in [2.24, 2.45) is 0 Å². The molecule has 0 amide bonds. The quantitative estimate of drug-likeness (QED) is 0.800. The Bertz CT molecular complexity index is 325. The minimum Gasteiger partial charge on any atom is -0.466 e. The molecule has 0 saturated carbocycles. The Morgan fingerprint density at radius 3 is 1.89 bits per heavy atom. The van der Waals surface area contributed by atoms with Gasteiger partial charge in [-0.25, -0.2) is 0 Å². The zero-order chi connectivity index (χ0) is 12.2. The van der Waals surface area contributed by atoms with Crippen LogP contribution in [0.2, 0.25) is 0 Å². The third-order valence-corrected chi connectivity index (χ3v) is 3.58. The van der Waals surface area contributed by atoms with Crippen LogP contribution in [-0.4, -0.2) is 62.4 Å². The molecule has 0 N–H and O–H groups in total. The van der Waals surface area contributed by atoms with Crippen LogP contribution in [0.4, 0.5) is 0 Å². The largest absolute Gasteiger partial charge is 0.466 e. The van der Waals surface area contributed by atoms with Crippen molar-refractivity contribution < 1.29 is 13.9 Å². The summed E-state index contributed by atoms with van der Waals surface area (Å²) in [7, 11) is 0. The molecule has 0 radical (unpaired) electrons. The van der Waals surface area contributed by atoms with Crippen LogP contribution >= 0.6 is 0 Å². The van der Waals surface area contributed by atoms with Gasteiger partial charge in [0.1, 0.15) is 11.9 Å². The first-order valence-corrected chi connectivity index (χ1v) is 6.62. The number of morpholine rings is 2. The van der Waals surface area contributed by atoms with Gasteiger partial charge in [0.2, 0.25) is 0 Å². The summed E-state index contributed by atoms with van der Waals surface area (Å²) in [6, 6.07) is 4.03. The maximum absolute atomic E-state index is 5.64. The van der Waals surface area contributed by atoms with Crippen LogP contribution in [0.25, 0.3) is 0 Å². The summed E-state index contributed by atoms with van der Waals surface area (Å²) in [6.07, 6.45) is 1.98. The molecule has 2 fully saturated rings. The number of hydrogen-bond acceptors (Lipinski definition) is 5. The van der Waals surface area contributed by atoms with Crippen molar-refractivity contribution in [3.63, 3.8) is 0 Å². The summed E-state index contributed by atoms with van der Waals surface area (Å²) in [4.78, 5) is 4.88. The third kappa shape index (κ3) is 2.59. The second-order valence-corrected chi connectivity index (χ2v) is 4.69. The Kier molecular flexibility index (Phi) is 3.95. The molecule has 2 saturated heterocycles. The summed E-state index contributed by atoms with van der Waals surface area (Å²) in [5.41, 5.74) is 0. The summed E-state index contributed by atoms with van der Waals surface area (Å²) in [5, 5.41) is 0. The fourth-order valence-electron chi connectivity index (χ4n) is 2.67. The molecule has 0 aliphatic carbocycles. The highest BCUT2D eigenvalue weighted by molar-refractivity contribution is 5.05. The molecular weight excluding hydrogens is 232 g/mol. The van der Waals surface area contributed by atoms with Crippen LogP contribution in [0.5, 0.6) is 0 Å². The summed E-state index contributed by atoms with van der Waals surface area (Å²) < 4.78 is 16.5. The van der Waals surface area contributed by atoms with Crippen molar-refractivity contribution >= 4 is 0 Å². The number of ether oxygens (including phenoxy) is 2. The molecule has 5 heteroatoms. The third-order valence-electron chi connectivity index (χ3n) is 3.58. The Balaban J connectivity index is 1.78. The molecule has 3 rings (SSSR count). The highest BCUT2D eigenvalue weighted by Gasteiger charge is 2.31.